The molecule has 1 saturated carbocycles. The number of benzene rings is 2. The van der Waals surface area contributed by atoms with Crippen LogP contribution in [0.3, 0.4) is 0 Å². The molecule has 186 valence electrons. The predicted molar refractivity (Wildman–Crippen MR) is 143 cm³/mol. The van der Waals surface area contributed by atoms with E-state index < -0.39 is 0 Å². The Labute approximate surface area is 221 Å². The number of rotatable bonds is 7. The maximum absolute atomic E-state index is 12.9. The van der Waals surface area contributed by atoms with Gasteiger partial charge in [0.05, 0.1) is 11.4 Å². The lowest BCUT2D eigenvalue weighted by atomic mass is 9.75. The summed E-state index contributed by atoms with van der Waals surface area (Å²) in [5, 5.41) is 10.7. The highest BCUT2D eigenvalue weighted by atomic mass is 35.5. The molecule has 1 heterocycles. The zero-order valence-corrected chi connectivity index (χ0v) is 22.8. The van der Waals surface area contributed by atoms with Crippen LogP contribution in [0.25, 0.3) is 17.1 Å². The topological polar surface area (TPSA) is 57.0 Å². The largest absolute Gasteiger partial charge is 0.461 e. The number of halogens is 2. The van der Waals surface area contributed by atoms with Crippen LogP contribution in [-0.4, -0.2) is 32.6 Å². The average Bonchev–Trinajstić information content (AvgIpc) is 3.24. The number of nitrogens with zero attached hydrogens (tertiary/aromatic N) is 3. The SMILES string of the molecule is Cc1ccc(-n2c(SCC(=O)O[C@@H]3C[C@@H](C)CC[C@H]3C(C)C)nnc2-c2ccc(Cl)cc2)cc1Cl. The normalized spacial score (nSPS) is 20.3. The van der Waals surface area contributed by atoms with Crippen molar-refractivity contribution < 1.29 is 9.53 Å². The number of carbonyl (C=O) groups is 1. The van der Waals surface area contributed by atoms with Gasteiger partial charge in [0.15, 0.2) is 11.0 Å². The Morgan fingerprint density at radius 3 is 2.57 bits per heavy atom. The molecule has 3 atom stereocenters. The van der Waals surface area contributed by atoms with Gasteiger partial charge in [0.2, 0.25) is 0 Å². The third kappa shape index (κ3) is 6.22. The molecule has 0 unspecified atom stereocenters. The van der Waals surface area contributed by atoms with Gasteiger partial charge in [-0.2, -0.15) is 0 Å². The van der Waals surface area contributed by atoms with Gasteiger partial charge in [-0.05, 0) is 79.5 Å². The maximum atomic E-state index is 12.9. The molecular weight excluding hydrogens is 501 g/mol. The van der Waals surface area contributed by atoms with Gasteiger partial charge in [-0.15, -0.1) is 10.2 Å². The van der Waals surface area contributed by atoms with Crippen molar-refractivity contribution in [3.8, 4) is 17.1 Å². The summed E-state index contributed by atoms with van der Waals surface area (Å²) in [5.74, 6) is 2.07. The van der Waals surface area contributed by atoms with Gasteiger partial charge in [0, 0.05) is 15.6 Å². The third-order valence-corrected chi connectivity index (χ3v) is 8.27. The molecule has 0 aliphatic heterocycles. The number of ether oxygens (including phenoxy) is 1. The second kappa shape index (κ2) is 11.4. The van der Waals surface area contributed by atoms with E-state index in [1.54, 1.807) is 0 Å². The van der Waals surface area contributed by atoms with Crippen LogP contribution in [0.15, 0.2) is 47.6 Å². The maximum Gasteiger partial charge on any atom is 0.316 e. The van der Waals surface area contributed by atoms with E-state index in [2.05, 4.69) is 31.0 Å². The lowest BCUT2D eigenvalue weighted by Gasteiger charge is -2.36. The van der Waals surface area contributed by atoms with Crippen LogP contribution >= 0.6 is 35.0 Å². The van der Waals surface area contributed by atoms with E-state index in [0.29, 0.717) is 38.8 Å². The van der Waals surface area contributed by atoms with Crippen molar-refractivity contribution in [2.45, 2.75) is 58.2 Å². The van der Waals surface area contributed by atoms with Crippen LogP contribution in [-0.2, 0) is 9.53 Å². The minimum Gasteiger partial charge on any atom is -0.461 e. The molecule has 0 radical (unpaired) electrons. The van der Waals surface area contributed by atoms with Crippen LogP contribution in [0.4, 0.5) is 0 Å². The van der Waals surface area contributed by atoms with E-state index in [4.69, 9.17) is 27.9 Å². The zero-order valence-electron chi connectivity index (χ0n) is 20.5. The Bertz CT molecular complexity index is 1180. The van der Waals surface area contributed by atoms with E-state index in [1.807, 2.05) is 54.0 Å². The third-order valence-electron chi connectivity index (χ3n) is 6.71. The average molecular weight is 533 g/mol. The van der Waals surface area contributed by atoms with E-state index in [9.17, 15) is 4.79 Å². The van der Waals surface area contributed by atoms with Crippen LogP contribution in [0.2, 0.25) is 10.0 Å². The Morgan fingerprint density at radius 2 is 1.89 bits per heavy atom. The fourth-order valence-electron chi connectivity index (χ4n) is 4.68. The molecule has 4 rings (SSSR count). The molecule has 5 nitrogen and oxygen atoms in total. The molecule has 0 bridgehead atoms. The highest BCUT2D eigenvalue weighted by Gasteiger charge is 2.33. The van der Waals surface area contributed by atoms with Crippen LogP contribution < -0.4 is 0 Å². The number of carbonyl (C=O) groups excluding carboxylic acids is 1. The predicted octanol–water partition coefficient (Wildman–Crippen LogP) is 7.65. The Kier molecular flexibility index (Phi) is 8.46. The second-order valence-electron chi connectivity index (χ2n) is 9.73. The first-order valence-corrected chi connectivity index (χ1v) is 13.8. The first-order chi connectivity index (χ1) is 16.7. The summed E-state index contributed by atoms with van der Waals surface area (Å²) in [7, 11) is 0. The molecular formula is C27H31Cl2N3O2S. The summed E-state index contributed by atoms with van der Waals surface area (Å²) in [6, 6.07) is 13.3. The van der Waals surface area contributed by atoms with Gasteiger partial charge in [0.1, 0.15) is 6.10 Å². The van der Waals surface area contributed by atoms with Crippen molar-refractivity contribution in [1.29, 1.82) is 0 Å². The summed E-state index contributed by atoms with van der Waals surface area (Å²) in [6.07, 6.45) is 3.21. The highest BCUT2D eigenvalue weighted by molar-refractivity contribution is 7.99. The molecule has 0 N–H and O–H groups in total. The van der Waals surface area contributed by atoms with Crippen LogP contribution in [0.1, 0.15) is 45.6 Å². The fourth-order valence-corrected chi connectivity index (χ4v) is 5.71. The molecule has 2 aromatic carbocycles. The van der Waals surface area contributed by atoms with Gasteiger partial charge < -0.3 is 4.74 Å². The number of hydrogen-bond acceptors (Lipinski definition) is 5. The van der Waals surface area contributed by atoms with E-state index in [1.165, 1.54) is 18.2 Å². The number of aromatic nitrogens is 3. The second-order valence-corrected chi connectivity index (χ2v) is 11.5. The highest BCUT2D eigenvalue weighted by Crippen LogP contribution is 2.36. The quantitative estimate of drug-likeness (QED) is 0.231. The molecule has 35 heavy (non-hydrogen) atoms. The van der Waals surface area contributed by atoms with Crippen molar-refractivity contribution >= 4 is 40.9 Å². The fraction of sp³-hybridized carbons (Fsp3) is 0.444. The molecule has 0 spiro atoms. The van der Waals surface area contributed by atoms with Gasteiger partial charge in [-0.3, -0.25) is 9.36 Å². The molecule has 1 aromatic heterocycles. The van der Waals surface area contributed by atoms with Crippen molar-refractivity contribution in [3.05, 3.63) is 58.1 Å². The molecule has 3 aromatic rings. The van der Waals surface area contributed by atoms with Crippen LogP contribution in [0.5, 0.6) is 0 Å². The van der Waals surface area contributed by atoms with Gasteiger partial charge in [-0.1, -0.05) is 68.2 Å². The Balaban J connectivity index is 1.57. The smallest absolute Gasteiger partial charge is 0.316 e. The molecule has 8 heteroatoms. The van der Waals surface area contributed by atoms with E-state index in [0.717, 1.165) is 29.7 Å². The summed E-state index contributed by atoms with van der Waals surface area (Å²) >= 11 is 13.8. The van der Waals surface area contributed by atoms with Crippen molar-refractivity contribution in [1.82, 2.24) is 14.8 Å². The number of thioether (sulfide) groups is 1. The van der Waals surface area contributed by atoms with Gasteiger partial charge >= 0.3 is 5.97 Å². The first kappa shape index (κ1) is 26.1. The summed E-state index contributed by atoms with van der Waals surface area (Å²) in [5.41, 5.74) is 2.67. The number of esters is 1. The van der Waals surface area contributed by atoms with Crippen molar-refractivity contribution in [2.24, 2.45) is 17.8 Å². The monoisotopic (exact) mass is 531 g/mol. The first-order valence-electron chi connectivity index (χ1n) is 12.0. The van der Waals surface area contributed by atoms with E-state index in [-0.39, 0.29) is 17.8 Å². The standard InChI is InChI=1S/C27H31Cl2N3O2S/c1-16(2)22-12-5-17(3)13-24(22)34-25(33)15-35-27-31-30-26(19-7-9-20(28)10-8-19)32(27)21-11-6-18(4)23(29)14-21/h6-11,14,16-17,22,24H,5,12-13,15H2,1-4H3/t17-,22-,24+/m0/s1. The Hall–Kier alpha value is -2.02. The molecule has 0 amide bonds. The van der Waals surface area contributed by atoms with Crippen molar-refractivity contribution in [3.63, 3.8) is 0 Å². The minimum absolute atomic E-state index is 0.0229. The molecule has 0 saturated heterocycles. The minimum atomic E-state index is -0.218. The Morgan fingerprint density at radius 1 is 1.14 bits per heavy atom. The molecule has 1 aliphatic carbocycles. The van der Waals surface area contributed by atoms with Crippen LogP contribution in [0, 0.1) is 24.7 Å². The summed E-state index contributed by atoms with van der Waals surface area (Å²) in [6.45, 7) is 8.62. The van der Waals surface area contributed by atoms with Crippen molar-refractivity contribution in [2.75, 3.05) is 5.75 Å². The summed E-state index contributed by atoms with van der Waals surface area (Å²) in [4.78, 5) is 12.9. The van der Waals surface area contributed by atoms with E-state index >= 15 is 0 Å². The number of hydrogen-bond donors (Lipinski definition) is 0. The lowest BCUT2D eigenvalue weighted by molar-refractivity contribution is -0.152. The lowest BCUT2D eigenvalue weighted by Crippen LogP contribution is -2.36. The summed E-state index contributed by atoms with van der Waals surface area (Å²) < 4.78 is 7.91. The zero-order chi connectivity index (χ0) is 25.1. The molecule has 1 fully saturated rings. The number of aryl methyl sites for hydroxylation is 1. The molecule has 1 aliphatic rings. The van der Waals surface area contributed by atoms with Gasteiger partial charge in [-0.25, -0.2) is 0 Å². The van der Waals surface area contributed by atoms with Gasteiger partial charge in [0.25, 0.3) is 0 Å².